The highest BCUT2D eigenvalue weighted by Gasteiger charge is 2.10. The molecule has 126 valence electrons. The van der Waals surface area contributed by atoms with E-state index in [0.29, 0.717) is 10.4 Å². The van der Waals surface area contributed by atoms with Crippen LogP contribution in [0.15, 0.2) is 42.5 Å². The van der Waals surface area contributed by atoms with Crippen LogP contribution >= 0.6 is 11.3 Å². The van der Waals surface area contributed by atoms with E-state index in [1.807, 2.05) is 12.1 Å². The summed E-state index contributed by atoms with van der Waals surface area (Å²) in [6.45, 7) is 2.23. The first-order valence-corrected chi connectivity index (χ1v) is 9.39. The summed E-state index contributed by atoms with van der Waals surface area (Å²) >= 11 is 1.50. The molecule has 0 aliphatic rings. The van der Waals surface area contributed by atoms with Crippen LogP contribution in [0, 0.1) is 5.82 Å². The van der Waals surface area contributed by atoms with Crippen LogP contribution in [0.3, 0.4) is 0 Å². The zero-order valence-electron chi connectivity index (χ0n) is 14.3. The first-order chi connectivity index (χ1) is 11.7. The van der Waals surface area contributed by atoms with Gasteiger partial charge in [0.05, 0.1) is 11.8 Å². The third-order valence-corrected chi connectivity index (χ3v) is 5.55. The lowest BCUT2D eigenvalue weighted by molar-refractivity contribution is 0.412. The number of unbranched alkanes of at least 4 members (excludes halogenated alkanes) is 3. The number of thiophene rings is 1. The third kappa shape index (κ3) is 3.78. The topological polar surface area (TPSA) is 9.23 Å². The number of aryl methyl sites for hydroxylation is 1. The van der Waals surface area contributed by atoms with E-state index in [2.05, 4.69) is 31.2 Å². The van der Waals surface area contributed by atoms with Crippen molar-refractivity contribution in [2.24, 2.45) is 0 Å². The van der Waals surface area contributed by atoms with Crippen molar-refractivity contribution < 1.29 is 9.13 Å². The highest BCUT2D eigenvalue weighted by molar-refractivity contribution is 7.22. The van der Waals surface area contributed by atoms with Crippen LogP contribution in [0.1, 0.15) is 38.2 Å². The number of benzene rings is 2. The molecule has 0 aliphatic heterocycles. The molecule has 3 rings (SSSR count). The monoisotopic (exact) mass is 342 g/mol. The van der Waals surface area contributed by atoms with Crippen LogP contribution in [-0.4, -0.2) is 7.11 Å². The molecule has 24 heavy (non-hydrogen) atoms. The van der Waals surface area contributed by atoms with Gasteiger partial charge in [0.15, 0.2) is 0 Å². The zero-order valence-corrected chi connectivity index (χ0v) is 15.1. The Morgan fingerprint density at radius 3 is 2.50 bits per heavy atom. The largest absolute Gasteiger partial charge is 0.497 e. The van der Waals surface area contributed by atoms with Crippen molar-refractivity contribution in [2.75, 3.05) is 7.11 Å². The summed E-state index contributed by atoms with van der Waals surface area (Å²) in [6, 6.07) is 14.1. The summed E-state index contributed by atoms with van der Waals surface area (Å²) in [4.78, 5) is 1.09. The molecule has 0 spiro atoms. The molecule has 0 radical (unpaired) electrons. The Morgan fingerprint density at radius 2 is 1.79 bits per heavy atom. The van der Waals surface area contributed by atoms with Crippen molar-refractivity contribution in [1.29, 1.82) is 0 Å². The molecule has 0 fully saturated rings. The molecule has 0 unspecified atom stereocenters. The second-order valence-electron chi connectivity index (χ2n) is 6.15. The van der Waals surface area contributed by atoms with E-state index in [4.69, 9.17) is 4.74 Å². The Balaban J connectivity index is 1.79. The molecule has 0 atom stereocenters. The zero-order chi connectivity index (χ0) is 16.9. The van der Waals surface area contributed by atoms with Gasteiger partial charge in [0, 0.05) is 10.9 Å². The average Bonchev–Trinajstić information content (AvgIpc) is 3.04. The Hall–Kier alpha value is -1.87. The number of halogens is 1. The molecule has 0 N–H and O–H groups in total. The van der Waals surface area contributed by atoms with E-state index in [9.17, 15) is 4.39 Å². The van der Waals surface area contributed by atoms with Crippen molar-refractivity contribution in [3.05, 3.63) is 53.8 Å². The summed E-state index contributed by atoms with van der Waals surface area (Å²) in [5.41, 5.74) is 2.52. The minimum absolute atomic E-state index is 0.215. The first-order valence-electron chi connectivity index (χ1n) is 8.57. The van der Waals surface area contributed by atoms with Gasteiger partial charge in [-0.15, -0.1) is 11.3 Å². The smallest absolute Gasteiger partial charge is 0.144 e. The molecule has 0 bridgehead atoms. The van der Waals surface area contributed by atoms with Crippen molar-refractivity contribution in [1.82, 2.24) is 0 Å². The maximum atomic E-state index is 14.2. The van der Waals surface area contributed by atoms with Crippen LogP contribution in [-0.2, 0) is 6.42 Å². The van der Waals surface area contributed by atoms with Gasteiger partial charge >= 0.3 is 0 Å². The molecule has 3 aromatic rings. The van der Waals surface area contributed by atoms with Crippen LogP contribution in [0.25, 0.3) is 20.5 Å². The number of ether oxygens (including phenoxy) is 1. The quantitative estimate of drug-likeness (QED) is 0.427. The number of hydrogen-bond acceptors (Lipinski definition) is 2. The second-order valence-corrected chi connectivity index (χ2v) is 7.20. The maximum absolute atomic E-state index is 14.2. The average molecular weight is 342 g/mol. The van der Waals surface area contributed by atoms with Crippen molar-refractivity contribution in [3.8, 4) is 16.2 Å². The number of fused-ring (bicyclic) bond motifs is 1. The van der Waals surface area contributed by atoms with E-state index >= 15 is 0 Å². The fourth-order valence-corrected chi connectivity index (χ4v) is 3.99. The number of hydrogen-bond donors (Lipinski definition) is 0. The Bertz CT molecular complexity index is 805. The van der Waals surface area contributed by atoms with Crippen molar-refractivity contribution >= 4 is 21.4 Å². The molecule has 1 nitrogen and oxygen atoms in total. The second kappa shape index (κ2) is 7.80. The Morgan fingerprint density at radius 1 is 1.00 bits per heavy atom. The maximum Gasteiger partial charge on any atom is 0.144 e. The fourth-order valence-electron chi connectivity index (χ4n) is 2.94. The summed E-state index contributed by atoms with van der Waals surface area (Å²) in [6.07, 6.45) is 6.27. The van der Waals surface area contributed by atoms with E-state index in [0.717, 1.165) is 22.2 Å². The standard InChI is InChI=1S/C21H23FOS/c1-3-4-5-6-7-15-8-10-16(11-9-15)20-13-17-12-18(23-2)14-19(22)21(17)24-20/h8-14H,3-7H2,1-2H3. The fraction of sp³-hybridized carbons (Fsp3) is 0.333. The predicted molar refractivity (Wildman–Crippen MR) is 102 cm³/mol. The van der Waals surface area contributed by atoms with Gasteiger partial charge in [-0.3, -0.25) is 0 Å². The Kier molecular flexibility index (Phi) is 5.52. The molecule has 2 aromatic carbocycles. The van der Waals surface area contributed by atoms with Gasteiger partial charge in [-0.05, 0) is 41.5 Å². The summed E-state index contributed by atoms with van der Waals surface area (Å²) in [5.74, 6) is 0.347. The van der Waals surface area contributed by atoms with Crippen molar-refractivity contribution in [2.45, 2.75) is 39.0 Å². The summed E-state index contributed by atoms with van der Waals surface area (Å²) in [7, 11) is 1.56. The van der Waals surface area contributed by atoms with Crippen LogP contribution < -0.4 is 4.74 Å². The molecule has 1 heterocycles. The summed E-state index contributed by atoms with van der Waals surface area (Å²) < 4.78 is 20.0. The van der Waals surface area contributed by atoms with E-state index in [-0.39, 0.29) is 5.82 Å². The highest BCUT2D eigenvalue weighted by atomic mass is 32.1. The first kappa shape index (κ1) is 17.0. The van der Waals surface area contributed by atoms with Gasteiger partial charge in [-0.25, -0.2) is 4.39 Å². The lowest BCUT2D eigenvalue weighted by Crippen LogP contribution is -1.85. The Labute approximate surface area is 147 Å². The van der Waals surface area contributed by atoms with E-state index in [1.165, 1.54) is 48.6 Å². The molecule has 3 heteroatoms. The van der Waals surface area contributed by atoms with Crippen molar-refractivity contribution in [3.63, 3.8) is 0 Å². The molecule has 0 aliphatic carbocycles. The van der Waals surface area contributed by atoms with Crippen LogP contribution in [0.4, 0.5) is 4.39 Å². The van der Waals surface area contributed by atoms with Gasteiger partial charge in [-0.1, -0.05) is 50.5 Å². The molecule has 0 saturated carbocycles. The highest BCUT2D eigenvalue weighted by Crippen LogP contribution is 2.37. The SMILES string of the molecule is CCCCCCc1ccc(-c2cc3cc(OC)cc(F)c3s2)cc1. The molecule has 0 saturated heterocycles. The van der Waals surface area contributed by atoms with Crippen LogP contribution in [0.2, 0.25) is 0 Å². The van der Waals surface area contributed by atoms with Gasteiger partial charge in [-0.2, -0.15) is 0 Å². The number of methoxy groups -OCH3 is 1. The van der Waals surface area contributed by atoms with Gasteiger partial charge in [0.1, 0.15) is 11.6 Å². The van der Waals surface area contributed by atoms with Gasteiger partial charge in [0.2, 0.25) is 0 Å². The molecular formula is C21H23FOS. The van der Waals surface area contributed by atoms with E-state index < -0.39 is 0 Å². The third-order valence-electron chi connectivity index (χ3n) is 4.34. The summed E-state index contributed by atoms with van der Waals surface area (Å²) in [5, 5.41) is 0.899. The lowest BCUT2D eigenvalue weighted by atomic mass is 10.0. The minimum atomic E-state index is -0.215. The number of rotatable bonds is 7. The molecule has 0 amide bonds. The predicted octanol–water partition coefficient (Wildman–Crippen LogP) is 6.84. The normalized spacial score (nSPS) is 11.1. The lowest BCUT2D eigenvalue weighted by Gasteiger charge is -2.03. The van der Waals surface area contributed by atoms with E-state index in [1.54, 1.807) is 7.11 Å². The van der Waals surface area contributed by atoms with Gasteiger partial charge < -0.3 is 4.74 Å². The van der Waals surface area contributed by atoms with Crippen LogP contribution in [0.5, 0.6) is 5.75 Å². The molecule has 1 aromatic heterocycles. The molecular weight excluding hydrogens is 319 g/mol. The minimum Gasteiger partial charge on any atom is -0.497 e. The van der Waals surface area contributed by atoms with Gasteiger partial charge in [0.25, 0.3) is 0 Å².